The van der Waals surface area contributed by atoms with E-state index in [1.165, 1.54) is 11.0 Å². The van der Waals surface area contributed by atoms with Crippen molar-refractivity contribution in [3.63, 3.8) is 0 Å². The van der Waals surface area contributed by atoms with Crippen LogP contribution in [0.25, 0.3) is 6.08 Å². The maximum atomic E-state index is 13.2. The average Bonchev–Trinajstić information content (AvgIpc) is 3.15. The number of rotatable bonds is 5. The highest BCUT2D eigenvalue weighted by Gasteiger charge is 2.44. The second-order valence-electron chi connectivity index (χ2n) is 7.00. The van der Waals surface area contributed by atoms with Crippen LogP contribution in [0.2, 0.25) is 0 Å². The van der Waals surface area contributed by atoms with E-state index in [4.69, 9.17) is 21.9 Å². The molecule has 0 spiro atoms. The molecule has 1 aromatic heterocycles. The van der Waals surface area contributed by atoms with Crippen LogP contribution < -0.4 is 4.90 Å². The van der Waals surface area contributed by atoms with E-state index in [9.17, 15) is 9.59 Å². The summed E-state index contributed by atoms with van der Waals surface area (Å²) in [5, 5.41) is 8.99. The van der Waals surface area contributed by atoms with E-state index in [-0.39, 0.29) is 22.6 Å². The monoisotopic (exact) mass is 405 g/mol. The van der Waals surface area contributed by atoms with Crippen LogP contribution in [0.5, 0.6) is 0 Å². The minimum Gasteiger partial charge on any atom is -0.441 e. The Morgan fingerprint density at radius 1 is 1.29 bits per heavy atom. The first-order chi connectivity index (χ1) is 13.3. The number of carbonyl (C=O) groups excluding carboxylic acids is 2. The van der Waals surface area contributed by atoms with Crippen molar-refractivity contribution in [1.29, 1.82) is 0 Å². The maximum absolute atomic E-state index is 13.2. The highest BCUT2D eigenvalue weighted by Crippen LogP contribution is 2.31. The molecule has 1 aromatic rings. The number of amides is 2. The van der Waals surface area contributed by atoms with Crippen molar-refractivity contribution in [3.05, 3.63) is 35.9 Å². The third-order valence-corrected chi connectivity index (χ3v) is 5.29. The van der Waals surface area contributed by atoms with Crippen molar-refractivity contribution in [3.8, 4) is 0 Å². The SMILES string of the molecule is C=C(OO)N1C(=O)C(=Cc2ccc(N(C)C)o2)C(=O)N(C2CCCCC2)C1=S. The molecule has 2 heterocycles. The van der Waals surface area contributed by atoms with Gasteiger partial charge in [-0.25, -0.2) is 10.2 Å². The Hall–Kier alpha value is -2.65. The van der Waals surface area contributed by atoms with Crippen LogP contribution in [-0.2, 0) is 14.5 Å². The summed E-state index contributed by atoms with van der Waals surface area (Å²) in [5.74, 6) is -0.618. The second kappa shape index (κ2) is 8.15. The van der Waals surface area contributed by atoms with E-state index in [1.54, 1.807) is 17.0 Å². The Balaban J connectivity index is 2.02. The van der Waals surface area contributed by atoms with Gasteiger partial charge in [0.1, 0.15) is 11.3 Å². The van der Waals surface area contributed by atoms with E-state index >= 15 is 0 Å². The van der Waals surface area contributed by atoms with Crippen LogP contribution in [0.1, 0.15) is 37.9 Å². The molecule has 0 bridgehead atoms. The van der Waals surface area contributed by atoms with E-state index in [0.29, 0.717) is 11.6 Å². The summed E-state index contributed by atoms with van der Waals surface area (Å²) < 4.78 is 5.65. The fourth-order valence-corrected chi connectivity index (χ4v) is 3.89. The van der Waals surface area contributed by atoms with Gasteiger partial charge in [0.2, 0.25) is 5.88 Å². The molecular weight excluding hydrogens is 382 g/mol. The lowest BCUT2D eigenvalue weighted by Crippen LogP contribution is -2.59. The first kappa shape index (κ1) is 20.1. The molecule has 0 unspecified atom stereocenters. The quantitative estimate of drug-likeness (QED) is 0.201. The highest BCUT2D eigenvalue weighted by molar-refractivity contribution is 7.80. The standard InChI is InChI=1S/C19H23N3O5S/c1-12(27-25)21-17(23)15(11-14-9-10-16(26-14)20(2)3)18(24)22(19(21)28)13-7-5-4-6-8-13/h9-11,13,25H,1,4-8H2,2-3H3. The molecule has 150 valence electrons. The Bertz CT molecular complexity index is 838. The first-order valence-corrected chi connectivity index (χ1v) is 9.47. The molecule has 3 rings (SSSR count). The number of hydrogen-bond donors (Lipinski definition) is 1. The zero-order valence-electron chi connectivity index (χ0n) is 15.9. The van der Waals surface area contributed by atoms with Crippen molar-refractivity contribution in [2.75, 3.05) is 19.0 Å². The van der Waals surface area contributed by atoms with Crippen LogP contribution in [0.3, 0.4) is 0 Å². The number of thiocarbonyl (C=S) groups is 1. The van der Waals surface area contributed by atoms with Crippen molar-refractivity contribution >= 4 is 41.1 Å². The maximum Gasteiger partial charge on any atom is 0.272 e. The summed E-state index contributed by atoms with van der Waals surface area (Å²) in [4.78, 5) is 34.4. The van der Waals surface area contributed by atoms with Gasteiger partial charge in [-0.1, -0.05) is 19.3 Å². The van der Waals surface area contributed by atoms with Gasteiger partial charge in [0.25, 0.3) is 11.8 Å². The second-order valence-corrected chi connectivity index (χ2v) is 7.37. The molecule has 0 aromatic carbocycles. The molecule has 28 heavy (non-hydrogen) atoms. The lowest BCUT2D eigenvalue weighted by molar-refractivity contribution is -0.219. The predicted molar refractivity (Wildman–Crippen MR) is 107 cm³/mol. The molecule has 0 radical (unpaired) electrons. The van der Waals surface area contributed by atoms with E-state index in [1.807, 2.05) is 14.1 Å². The lowest BCUT2D eigenvalue weighted by atomic mass is 9.93. The number of carbonyl (C=O) groups is 2. The Kier molecular flexibility index (Phi) is 5.85. The average molecular weight is 405 g/mol. The van der Waals surface area contributed by atoms with Crippen LogP contribution in [0.15, 0.2) is 34.6 Å². The Morgan fingerprint density at radius 3 is 2.54 bits per heavy atom. The molecule has 1 saturated heterocycles. The molecule has 1 N–H and O–H groups in total. The predicted octanol–water partition coefficient (Wildman–Crippen LogP) is 2.98. The first-order valence-electron chi connectivity index (χ1n) is 9.06. The van der Waals surface area contributed by atoms with E-state index in [2.05, 4.69) is 11.5 Å². The van der Waals surface area contributed by atoms with Crippen molar-refractivity contribution in [2.24, 2.45) is 0 Å². The summed E-state index contributed by atoms with van der Waals surface area (Å²) in [6, 6.07) is 3.29. The zero-order valence-corrected chi connectivity index (χ0v) is 16.7. The molecular formula is C19H23N3O5S. The normalized spacial score (nSPS) is 20.1. The summed E-state index contributed by atoms with van der Waals surface area (Å²) in [7, 11) is 3.64. The molecule has 1 saturated carbocycles. The molecule has 1 aliphatic carbocycles. The summed E-state index contributed by atoms with van der Waals surface area (Å²) in [5.41, 5.74) is -0.128. The summed E-state index contributed by atoms with van der Waals surface area (Å²) in [6.07, 6.45) is 6.02. The van der Waals surface area contributed by atoms with E-state index < -0.39 is 11.8 Å². The van der Waals surface area contributed by atoms with Crippen LogP contribution in [0.4, 0.5) is 5.88 Å². The molecule has 9 heteroatoms. The third-order valence-electron chi connectivity index (χ3n) is 4.91. The lowest BCUT2D eigenvalue weighted by Gasteiger charge is -2.41. The Morgan fingerprint density at radius 2 is 1.96 bits per heavy atom. The molecule has 2 fully saturated rings. The fraction of sp³-hybridized carbons (Fsp3) is 0.421. The zero-order chi connectivity index (χ0) is 20.4. The topological polar surface area (TPSA) is 86.5 Å². The number of furan rings is 1. The minimum atomic E-state index is -0.719. The number of anilines is 1. The van der Waals surface area contributed by atoms with Gasteiger partial charge in [-0.15, -0.1) is 0 Å². The van der Waals surface area contributed by atoms with Gasteiger partial charge in [-0.05, 0) is 43.8 Å². The number of hydrogen-bond acceptors (Lipinski definition) is 7. The fourth-order valence-electron chi connectivity index (χ4n) is 3.47. The van der Waals surface area contributed by atoms with E-state index in [0.717, 1.165) is 37.0 Å². The molecule has 8 nitrogen and oxygen atoms in total. The molecule has 2 amide bonds. The van der Waals surface area contributed by atoms with Crippen molar-refractivity contribution < 1.29 is 24.2 Å². The Labute approximate surface area is 168 Å². The minimum absolute atomic E-state index is 0.0356. The summed E-state index contributed by atoms with van der Waals surface area (Å²) >= 11 is 5.38. The largest absolute Gasteiger partial charge is 0.441 e. The van der Waals surface area contributed by atoms with Crippen LogP contribution in [-0.4, -0.2) is 52.1 Å². The van der Waals surface area contributed by atoms with Gasteiger partial charge in [0.05, 0.1) is 0 Å². The highest BCUT2D eigenvalue weighted by atomic mass is 32.1. The van der Waals surface area contributed by atoms with Crippen molar-refractivity contribution in [2.45, 2.75) is 38.1 Å². The molecule has 2 aliphatic rings. The number of nitrogens with zero attached hydrogens (tertiary/aromatic N) is 3. The van der Waals surface area contributed by atoms with Gasteiger partial charge in [-0.2, -0.15) is 0 Å². The van der Waals surface area contributed by atoms with Gasteiger partial charge in [0, 0.05) is 26.2 Å². The van der Waals surface area contributed by atoms with Gasteiger partial charge >= 0.3 is 0 Å². The van der Waals surface area contributed by atoms with Crippen LogP contribution in [0, 0.1) is 0 Å². The van der Waals surface area contributed by atoms with Gasteiger partial charge in [0.15, 0.2) is 11.0 Å². The van der Waals surface area contributed by atoms with Gasteiger partial charge < -0.3 is 14.2 Å². The summed E-state index contributed by atoms with van der Waals surface area (Å²) in [6.45, 7) is 3.52. The molecule has 0 atom stereocenters. The van der Waals surface area contributed by atoms with Crippen LogP contribution >= 0.6 is 12.2 Å². The smallest absolute Gasteiger partial charge is 0.272 e. The third kappa shape index (κ3) is 3.67. The molecule has 1 aliphatic heterocycles. The van der Waals surface area contributed by atoms with Gasteiger partial charge in [-0.3, -0.25) is 14.5 Å². The van der Waals surface area contributed by atoms with Crippen molar-refractivity contribution in [1.82, 2.24) is 9.80 Å².